The molecule has 2 atom stereocenters. The number of para-hydroxylation sites is 1. The zero-order valence-corrected chi connectivity index (χ0v) is 18.3. The molecule has 1 aliphatic rings. The Morgan fingerprint density at radius 1 is 1.24 bits per heavy atom. The fourth-order valence-electron chi connectivity index (χ4n) is 3.91. The molecular weight excluding hydrogens is 386 g/mol. The molecule has 0 aromatic heterocycles. The fraction of sp³-hybridized carbons (Fsp3) is 0.435. The van der Waals surface area contributed by atoms with Crippen molar-refractivity contribution in [2.75, 3.05) is 33.3 Å². The quantitative estimate of drug-likeness (QED) is 0.726. The van der Waals surface area contributed by atoms with E-state index in [4.69, 9.17) is 4.74 Å². The number of piperazine rings is 1. The Balaban J connectivity index is 0.00000300. The number of halogens is 1. The Bertz CT molecular complexity index is 799. The van der Waals surface area contributed by atoms with E-state index in [0.29, 0.717) is 6.54 Å². The van der Waals surface area contributed by atoms with Gasteiger partial charge in [-0.25, -0.2) is 0 Å². The SMILES string of the molecule is COc1ccccc1C1CNCCN1CC(=O)NC(C)Cc1ccccc1C.Cl. The molecule has 0 aliphatic carbocycles. The summed E-state index contributed by atoms with van der Waals surface area (Å²) in [5.74, 6) is 0.942. The van der Waals surface area contributed by atoms with E-state index in [1.807, 2.05) is 24.3 Å². The van der Waals surface area contributed by atoms with Gasteiger partial charge in [-0.3, -0.25) is 9.69 Å². The summed E-state index contributed by atoms with van der Waals surface area (Å²) in [4.78, 5) is 15.0. The number of benzene rings is 2. The van der Waals surface area contributed by atoms with Gasteiger partial charge in [0.1, 0.15) is 5.75 Å². The van der Waals surface area contributed by atoms with Crippen molar-refractivity contribution < 1.29 is 9.53 Å². The first-order chi connectivity index (χ1) is 13.6. The van der Waals surface area contributed by atoms with E-state index in [9.17, 15) is 4.79 Å². The van der Waals surface area contributed by atoms with Crippen molar-refractivity contribution in [3.05, 3.63) is 65.2 Å². The van der Waals surface area contributed by atoms with Crippen LogP contribution in [0.3, 0.4) is 0 Å². The molecule has 5 nitrogen and oxygen atoms in total. The highest BCUT2D eigenvalue weighted by atomic mass is 35.5. The zero-order chi connectivity index (χ0) is 19.9. The maximum Gasteiger partial charge on any atom is 0.234 e. The van der Waals surface area contributed by atoms with Crippen molar-refractivity contribution in [2.24, 2.45) is 0 Å². The van der Waals surface area contributed by atoms with Crippen LogP contribution in [0.5, 0.6) is 5.75 Å². The topological polar surface area (TPSA) is 53.6 Å². The molecule has 2 unspecified atom stereocenters. The summed E-state index contributed by atoms with van der Waals surface area (Å²) in [5.41, 5.74) is 3.67. The lowest BCUT2D eigenvalue weighted by Crippen LogP contribution is -2.50. The first-order valence-corrected chi connectivity index (χ1v) is 10.00. The molecule has 0 saturated carbocycles. The van der Waals surface area contributed by atoms with Crippen LogP contribution < -0.4 is 15.4 Å². The van der Waals surface area contributed by atoms with Gasteiger partial charge in [0.2, 0.25) is 5.91 Å². The number of hydrogen-bond donors (Lipinski definition) is 2. The molecule has 2 aromatic rings. The van der Waals surface area contributed by atoms with Crippen molar-refractivity contribution in [3.8, 4) is 5.75 Å². The molecule has 3 rings (SSSR count). The third kappa shape index (κ3) is 6.20. The van der Waals surface area contributed by atoms with E-state index >= 15 is 0 Å². The van der Waals surface area contributed by atoms with Gasteiger partial charge in [0.15, 0.2) is 0 Å². The lowest BCUT2D eigenvalue weighted by Gasteiger charge is -2.36. The van der Waals surface area contributed by atoms with Crippen molar-refractivity contribution >= 4 is 18.3 Å². The highest BCUT2D eigenvalue weighted by Gasteiger charge is 2.27. The minimum atomic E-state index is 0. The average molecular weight is 418 g/mol. The molecule has 1 aliphatic heterocycles. The second kappa shape index (κ2) is 11.2. The third-order valence-corrected chi connectivity index (χ3v) is 5.39. The molecule has 1 amide bonds. The monoisotopic (exact) mass is 417 g/mol. The van der Waals surface area contributed by atoms with Gasteiger partial charge in [-0.15, -0.1) is 12.4 Å². The number of hydrogen-bond acceptors (Lipinski definition) is 4. The summed E-state index contributed by atoms with van der Waals surface area (Å²) in [6.45, 7) is 7.11. The van der Waals surface area contributed by atoms with Crippen LogP contribution >= 0.6 is 12.4 Å². The van der Waals surface area contributed by atoms with E-state index in [0.717, 1.165) is 37.4 Å². The van der Waals surface area contributed by atoms with E-state index < -0.39 is 0 Å². The first-order valence-electron chi connectivity index (χ1n) is 10.00. The maximum absolute atomic E-state index is 12.7. The summed E-state index contributed by atoms with van der Waals surface area (Å²) in [7, 11) is 1.69. The molecule has 2 N–H and O–H groups in total. The van der Waals surface area contributed by atoms with Gasteiger partial charge >= 0.3 is 0 Å². The van der Waals surface area contributed by atoms with E-state index in [2.05, 4.69) is 53.6 Å². The second-order valence-corrected chi connectivity index (χ2v) is 7.53. The van der Waals surface area contributed by atoms with Gasteiger partial charge in [0, 0.05) is 31.2 Å². The molecular formula is C23H32ClN3O2. The van der Waals surface area contributed by atoms with Crippen LogP contribution in [0.15, 0.2) is 48.5 Å². The van der Waals surface area contributed by atoms with Gasteiger partial charge in [-0.2, -0.15) is 0 Å². The molecule has 158 valence electrons. The predicted molar refractivity (Wildman–Crippen MR) is 120 cm³/mol. The normalized spacial score (nSPS) is 17.8. The van der Waals surface area contributed by atoms with E-state index in [1.54, 1.807) is 7.11 Å². The van der Waals surface area contributed by atoms with Crippen molar-refractivity contribution in [3.63, 3.8) is 0 Å². The van der Waals surface area contributed by atoms with Crippen LogP contribution in [0.25, 0.3) is 0 Å². The predicted octanol–water partition coefficient (Wildman–Crippen LogP) is 3.12. The minimum Gasteiger partial charge on any atom is -0.496 e. The number of carbonyl (C=O) groups is 1. The van der Waals surface area contributed by atoms with Crippen LogP contribution in [0.4, 0.5) is 0 Å². The van der Waals surface area contributed by atoms with E-state index in [1.165, 1.54) is 11.1 Å². The summed E-state index contributed by atoms with van der Waals surface area (Å²) in [6, 6.07) is 16.6. The Morgan fingerprint density at radius 3 is 2.72 bits per heavy atom. The van der Waals surface area contributed by atoms with Crippen LogP contribution in [0.2, 0.25) is 0 Å². The van der Waals surface area contributed by atoms with E-state index in [-0.39, 0.29) is 30.4 Å². The lowest BCUT2D eigenvalue weighted by atomic mass is 10.0. The second-order valence-electron chi connectivity index (χ2n) is 7.53. The van der Waals surface area contributed by atoms with Crippen LogP contribution in [-0.2, 0) is 11.2 Å². The van der Waals surface area contributed by atoms with Crippen LogP contribution in [0, 0.1) is 6.92 Å². The van der Waals surface area contributed by atoms with Crippen molar-refractivity contribution in [2.45, 2.75) is 32.4 Å². The van der Waals surface area contributed by atoms with Gasteiger partial charge in [-0.1, -0.05) is 42.5 Å². The van der Waals surface area contributed by atoms with Crippen LogP contribution in [0.1, 0.15) is 29.7 Å². The molecule has 6 heteroatoms. The maximum atomic E-state index is 12.7. The van der Waals surface area contributed by atoms with Gasteiger partial charge in [0.25, 0.3) is 0 Å². The van der Waals surface area contributed by atoms with Crippen molar-refractivity contribution in [1.82, 2.24) is 15.5 Å². The Kier molecular flexibility index (Phi) is 8.96. The Labute approximate surface area is 180 Å². The minimum absolute atomic E-state index is 0. The Hall–Kier alpha value is -2.08. The molecule has 1 saturated heterocycles. The summed E-state index contributed by atoms with van der Waals surface area (Å²) in [5, 5.41) is 6.61. The summed E-state index contributed by atoms with van der Waals surface area (Å²) >= 11 is 0. The van der Waals surface area contributed by atoms with Gasteiger partial charge in [0.05, 0.1) is 19.7 Å². The molecule has 0 spiro atoms. The number of carbonyl (C=O) groups excluding carboxylic acids is 1. The highest BCUT2D eigenvalue weighted by Crippen LogP contribution is 2.29. The van der Waals surface area contributed by atoms with Gasteiger partial charge in [-0.05, 0) is 37.5 Å². The Morgan fingerprint density at radius 2 is 1.97 bits per heavy atom. The van der Waals surface area contributed by atoms with Gasteiger partial charge < -0.3 is 15.4 Å². The number of methoxy groups -OCH3 is 1. The van der Waals surface area contributed by atoms with Crippen molar-refractivity contribution in [1.29, 1.82) is 0 Å². The number of ether oxygens (including phenoxy) is 1. The standard InChI is InChI=1S/C23H31N3O2.ClH/c1-17-8-4-5-9-19(17)14-18(2)25-23(27)16-26-13-12-24-15-21(26)20-10-6-7-11-22(20)28-3;/h4-11,18,21,24H,12-16H2,1-3H3,(H,25,27);1H. The zero-order valence-electron chi connectivity index (χ0n) is 17.5. The fourth-order valence-corrected chi connectivity index (χ4v) is 3.91. The molecule has 29 heavy (non-hydrogen) atoms. The molecule has 1 heterocycles. The van der Waals surface area contributed by atoms with Crippen LogP contribution in [-0.4, -0.2) is 50.1 Å². The third-order valence-electron chi connectivity index (χ3n) is 5.39. The summed E-state index contributed by atoms with van der Waals surface area (Å²) in [6.07, 6.45) is 0.843. The smallest absolute Gasteiger partial charge is 0.234 e. The highest BCUT2D eigenvalue weighted by molar-refractivity contribution is 5.85. The molecule has 0 bridgehead atoms. The lowest BCUT2D eigenvalue weighted by molar-refractivity contribution is -0.123. The number of nitrogens with one attached hydrogen (secondary N) is 2. The number of aryl methyl sites for hydroxylation is 1. The average Bonchev–Trinajstić information content (AvgIpc) is 2.70. The first kappa shape index (κ1) is 23.2. The largest absolute Gasteiger partial charge is 0.496 e. The molecule has 1 fully saturated rings. The number of nitrogens with zero attached hydrogens (tertiary/aromatic N) is 1. The summed E-state index contributed by atoms with van der Waals surface area (Å²) < 4.78 is 5.54. The number of rotatable bonds is 7. The molecule has 0 radical (unpaired) electrons. The number of amides is 1. The molecule has 2 aromatic carbocycles.